The molecule has 0 saturated carbocycles. The molecule has 1 aromatic carbocycles. The number of amides is 1. The fraction of sp³-hybridized carbons (Fsp3) is 0. The zero-order chi connectivity index (χ0) is 14.4. The first-order valence-corrected chi connectivity index (χ1v) is 6.47. The lowest BCUT2D eigenvalue weighted by molar-refractivity contribution is -0.110. The Hall–Kier alpha value is -2.95. The lowest BCUT2D eigenvalue weighted by Crippen LogP contribution is -2.03. The van der Waals surface area contributed by atoms with Crippen LogP contribution in [0.1, 0.15) is 11.3 Å². The number of carbonyl (C=O) groups excluding carboxylic acids is 1. The van der Waals surface area contributed by atoms with Gasteiger partial charge in [0.15, 0.2) is 0 Å². The van der Waals surface area contributed by atoms with Crippen molar-refractivity contribution in [2.75, 3.05) is 5.32 Å². The zero-order valence-electron chi connectivity index (χ0n) is 10.9. The van der Waals surface area contributed by atoms with Crippen LogP contribution in [0.4, 0.5) is 10.1 Å². The molecule has 21 heavy (non-hydrogen) atoms. The number of aromatic nitrogens is 2. The van der Waals surface area contributed by atoms with E-state index < -0.39 is 0 Å². The summed E-state index contributed by atoms with van der Waals surface area (Å²) >= 11 is 0. The number of H-pyrrole nitrogens is 1. The van der Waals surface area contributed by atoms with Crippen molar-refractivity contribution >= 4 is 34.1 Å². The molecule has 4 rings (SSSR count). The molecule has 0 atom stereocenters. The molecule has 0 aliphatic carbocycles. The van der Waals surface area contributed by atoms with E-state index in [4.69, 9.17) is 0 Å². The molecule has 3 aromatic rings. The first kappa shape index (κ1) is 11.8. The molecular weight excluding hydrogens is 269 g/mol. The number of carbonyl (C=O) groups is 1. The Kier molecular flexibility index (Phi) is 2.41. The molecule has 3 heterocycles. The molecule has 1 amide bonds. The molecule has 0 saturated heterocycles. The summed E-state index contributed by atoms with van der Waals surface area (Å²) in [4.78, 5) is 19.3. The van der Waals surface area contributed by atoms with E-state index in [2.05, 4.69) is 15.3 Å². The van der Waals surface area contributed by atoms with Crippen LogP contribution >= 0.6 is 0 Å². The Bertz CT molecular complexity index is 911. The average molecular weight is 279 g/mol. The normalized spacial score (nSPS) is 15.5. The SMILES string of the molecule is O=C1Nc2cccnc2/C1=C/c1c[nH]c2cc(F)ccc12. The summed E-state index contributed by atoms with van der Waals surface area (Å²) in [7, 11) is 0. The van der Waals surface area contributed by atoms with Gasteiger partial charge >= 0.3 is 0 Å². The van der Waals surface area contributed by atoms with E-state index in [1.165, 1.54) is 12.1 Å². The van der Waals surface area contributed by atoms with Gasteiger partial charge < -0.3 is 10.3 Å². The standard InChI is InChI=1S/C16H10FN3O/c17-10-3-4-11-9(8-19-14(11)7-10)6-12-15-13(20-16(12)21)2-1-5-18-15/h1-8,19H,(H,20,21)/b12-6-. The van der Waals surface area contributed by atoms with Gasteiger partial charge in [0.1, 0.15) is 5.82 Å². The summed E-state index contributed by atoms with van der Waals surface area (Å²) in [5.41, 5.74) is 3.38. The van der Waals surface area contributed by atoms with Gasteiger partial charge in [0.2, 0.25) is 0 Å². The summed E-state index contributed by atoms with van der Waals surface area (Å²) in [6.07, 6.45) is 5.17. The second-order valence-corrected chi connectivity index (χ2v) is 4.85. The third-order valence-electron chi connectivity index (χ3n) is 3.53. The van der Waals surface area contributed by atoms with Crippen molar-refractivity contribution in [1.82, 2.24) is 9.97 Å². The van der Waals surface area contributed by atoms with Crippen molar-refractivity contribution in [2.24, 2.45) is 0 Å². The van der Waals surface area contributed by atoms with Gasteiger partial charge in [-0.05, 0) is 36.4 Å². The van der Waals surface area contributed by atoms with E-state index in [1.807, 2.05) is 6.07 Å². The number of fused-ring (bicyclic) bond motifs is 2. The van der Waals surface area contributed by atoms with Gasteiger partial charge in [-0.1, -0.05) is 0 Å². The second-order valence-electron chi connectivity index (χ2n) is 4.85. The molecule has 1 aliphatic heterocycles. The summed E-state index contributed by atoms with van der Waals surface area (Å²) in [5, 5.41) is 3.64. The minimum Gasteiger partial charge on any atom is -0.360 e. The van der Waals surface area contributed by atoms with E-state index in [0.717, 1.165) is 10.9 Å². The number of hydrogen-bond acceptors (Lipinski definition) is 2. The Morgan fingerprint density at radius 3 is 3.05 bits per heavy atom. The highest BCUT2D eigenvalue weighted by atomic mass is 19.1. The van der Waals surface area contributed by atoms with Crippen LogP contribution in [0.25, 0.3) is 22.6 Å². The first-order chi connectivity index (χ1) is 10.2. The number of rotatable bonds is 1. The molecule has 2 aromatic heterocycles. The Balaban J connectivity index is 1.89. The summed E-state index contributed by atoms with van der Waals surface area (Å²) < 4.78 is 13.2. The number of nitrogens with one attached hydrogen (secondary N) is 2. The summed E-state index contributed by atoms with van der Waals surface area (Å²) in [5.74, 6) is -0.477. The third kappa shape index (κ3) is 1.82. The van der Waals surface area contributed by atoms with Crippen LogP contribution in [0.2, 0.25) is 0 Å². The fourth-order valence-corrected chi connectivity index (χ4v) is 2.55. The van der Waals surface area contributed by atoms with Crippen LogP contribution in [0.3, 0.4) is 0 Å². The van der Waals surface area contributed by atoms with Crippen LogP contribution < -0.4 is 5.32 Å². The molecule has 0 radical (unpaired) electrons. The van der Waals surface area contributed by atoms with Gasteiger partial charge in [-0.25, -0.2) is 4.39 Å². The molecular formula is C16H10FN3O. The maximum Gasteiger partial charge on any atom is 0.258 e. The number of pyridine rings is 1. The fourth-order valence-electron chi connectivity index (χ4n) is 2.55. The number of anilines is 1. The number of benzene rings is 1. The monoisotopic (exact) mass is 279 g/mol. The maximum atomic E-state index is 13.2. The topological polar surface area (TPSA) is 57.8 Å². The van der Waals surface area contributed by atoms with E-state index in [9.17, 15) is 9.18 Å². The number of halogens is 1. The summed E-state index contributed by atoms with van der Waals surface area (Å²) in [6.45, 7) is 0. The minimum atomic E-state index is -0.297. The lowest BCUT2D eigenvalue weighted by atomic mass is 10.1. The van der Waals surface area contributed by atoms with Crippen molar-refractivity contribution in [1.29, 1.82) is 0 Å². The Morgan fingerprint density at radius 1 is 1.24 bits per heavy atom. The smallest absolute Gasteiger partial charge is 0.258 e. The lowest BCUT2D eigenvalue weighted by Gasteiger charge is -1.96. The van der Waals surface area contributed by atoms with Crippen LogP contribution in [-0.4, -0.2) is 15.9 Å². The van der Waals surface area contributed by atoms with Gasteiger partial charge in [0.25, 0.3) is 5.91 Å². The molecule has 0 bridgehead atoms. The van der Waals surface area contributed by atoms with E-state index in [-0.39, 0.29) is 11.7 Å². The van der Waals surface area contributed by atoms with Gasteiger partial charge in [-0.15, -0.1) is 0 Å². The Morgan fingerprint density at radius 2 is 2.14 bits per heavy atom. The molecule has 4 nitrogen and oxygen atoms in total. The number of aromatic amines is 1. The van der Waals surface area contributed by atoms with Gasteiger partial charge in [-0.2, -0.15) is 0 Å². The molecule has 1 aliphatic rings. The zero-order valence-corrected chi connectivity index (χ0v) is 10.9. The van der Waals surface area contributed by atoms with E-state index in [0.29, 0.717) is 22.5 Å². The predicted octanol–water partition coefficient (Wildman–Crippen LogP) is 3.19. The van der Waals surface area contributed by atoms with E-state index in [1.54, 1.807) is 30.6 Å². The molecule has 0 fully saturated rings. The van der Waals surface area contributed by atoms with Crippen LogP contribution in [0, 0.1) is 5.82 Å². The quantitative estimate of drug-likeness (QED) is 0.672. The first-order valence-electron chi connectivity index (χ1n) is 6.47. The third-order valence-corrected chi connectivity index (χ3v) is 3.53. The Labute approximate surface area is 119 Å². The van der Waals surface area contributed by atoms with Crippen molar-refractivity contribution in [3.05, 3.63) is 59.8 Å². The van der Waals surface area contributed by atoms with Crippen molar-refractivity contribution in [2.45, 2.75) is 0 Å². The highest BCUT2D eigenvalue weighted by Gasteiger charge is 2.25. The largest absolute Gasteiger partial charge is 0.360 e. The summed E-state index contributed by atoms with van der Waals surface area (Å²) in [6, 6.07) is 8.11. The molecule has 102 valence electrons. The van der Waals surface area contributed by atoms with E-state index >= 15 is 0 Å². The van der Waals surface area contributed by atoms with Crippen molar-refractivity contribution in [3.8, 4) is 0 Å². The number of hydrogen-bond donors (Lipinski definition) is 2. The molecule has 5 heteroatoms. The van der Waals surface area contributed by atoms with Gasteiger partial charge in [0.05, 0.1) is 17.0 Å². The van der Waals surface area contributed by atoms with Crippen LogP contribution in [0.15, 0.2) is 42.7 Å². The van der Waals surface area contributed by atoms with Gasteiger partial charge in [-0.3, -0.25) is 9.78 Å². The second kappa shape index (κ2) is 4.28. The molecule has 0 spiro atoms. The average Bonchev–Trinajstić information content (AvgIpc) is 3.01. The predicted molar refractivity (Wildman–Crippen MR) is 79.0 cm³/mol. The van der Waals surface area contributed by atoms with Crippen molar-refractivity contribution < 1.29 is 9.18 Å². The van der Waals surface area contributed by atoms with Gasteiger partial charge in [0, 0.05) is 28.9 Å². The molecule has 0 unspecified atom stereocenters. The molecule has 2 N–H and O–H groups in total. The maximum absolute atomic E-state index is 13.2. The van der Waals surface area contributed by atoms with Crippen LogP contribution in [0.5, 0.6) is 0 Å². The highest BCUT2D eigenvalue weighted by Crippen LogP contribution is 2.32. The van der Waals surface area contributed by atoms with Crippen LogP contribution in [-0.2, 0) is 4.79 Å². The van der Waals surface area contributed by atoms with Crippen molar-refractivity contribution in [3.63, 3.8) is 0 Å². The minimum absolute atomic E-state index is 0.180. The number of nitrogens with zero attached hydrogens (tertiary/aromatic N) is 1. The highest BCUT2D eigenvalue weighted by molar-refractivity contribution is 6.34.